The summed E-state index contributed by atoms with van der Waals surface area (Å²) < 4.78 is 5.78. The molecule has 2 aromatic rings. The van der Waals surface area contributed by atoms with Crippen molar-refractivity contribution in [3.8, 4) is 5.75 Å². The fourth-order valence-corrected chi connectivity index (χ4v) is 2.28. The molecule has 0 amide bonds. The van der Waals surface area contributed by atoms with Gasteiger partial charge in [0.25, 0.3) is 0 Å². The largest absolute Gasteiger partial charge is 0.489 e. The molecule has 0 spiro atoms. The molecule has 0 radical (unpaired) electrons. The molecule has 2 heteroatoms. The standard InChI is InChI=1S/C16H17NO/c1-2-12-7-9-13(10-8-12)15-11-18-16-6-4-3-5-14(16)17-15/h3-10,15,17H,2,11H2,1H3/t15-/m1/s1. The zero-order valence-corrected chi connectivity index (χ0v) is 10.5. The van der Waals surface area contributed by atoms with Crippen molar-refractivity contribution in [3.05, 3.63) is 59.7 Å². The van der Waals surface area contributed by atoms with E-state index < -0.39 is 0 Å². The first-order chi connectivity index (χ1) is 8.86. The van der Waals surface area contributed by atoms with E-state index in [1.54, 1.807) is 0 Å². The molecule has 1 N–H and O–H groups in total. The summed E-state index contributed by atoms with van der Waals surface area (Å²) in [5.41, 5.74) is 3.73. The number of hydrogen-bond donors (Lipinski definition) is 1. The van der Waals surface area contributed by atoms with E-state index in [1.165, 1.54) is 11.1 Å². The second kappa shape index (κ2) is 4.73. The van der Waals surface area contributed by atoms with Gasteiger partial charge in [0.15, 0.2) is 0 Å². The zero-order valence-electron chi connectivity index (χ0n) is 10.5. The van der Waals surface area contributed by atoms with Gasteiger partial charge in [-0.3, -0.25) is 0 Å². The number of nitrogens with one attached hydrogen (secondary N) is 1. The molecule has 3 rings (SSSR count). The number of hydrogen-bond acceptors (Lipinski definition) is 2. The Hall–Kier alpha value is -1.96. The van der Waals surface area contributed by atoms with Gasteiger partial charge in [-0.1, -0.05) is 43.3 Å². The second-order valence-electron chi connectivity index (χ2n) is 4.60. The van der Waals surface area contributed by atoms with Crippen LogP contribution in [-0.2, 0) is 6.42 Å². The highest BCUT2D eigenvalue weighted by molar-refractivity contribution is 5.59. The van der Waals surface area contributed by atoms with E-state index in [1.807, 2.05) is 18.2 Å². The number of para-hydroxylation sites is 2. The van der Waals surface area contributed by atoms with Gasteiger partial charge in [0.1, 0.15) is 12.4 Å². The minimum Gasteiger partial charge on any atom is -0.489 e. The monoisotopic (exact) mass is 239 g/mol. The van der Waals surface area contributed by atoms with E-state index in [0.717, 1.165) is 17.9 Å². The fraction of sp³-hybridized carbons (Fsp3) is 0.250. The van der Waals surface area contributed by atoms with Crippen LogP contribution in [0.1, 0.15) is 24.1 Å². The Bertz CT molecular complexity index is 533. The summed E-state index contributed by atoms with van der Waals surface area (Å²) in [5, 5.41) is 3.53. The topological polar surface area (TPSA) is 21.3 Å². The Balaban J connectivity index is 1.82. The van der Waals surface area contributed by atoms with Gasteiger partial charge < -0.3 is 10.1 Å². The van der Waals surface area contributed by atoms with Gasteiger partial charge in [-0.15, -0.1) is 0 Å². The molecule has 1 atom stereocenters. The molecule has 0 aliphatic carbocycles. The molecule has 0 fully saturated rings. The van der Waals surface area contributed by atoms with Crippen LogP contribution >= 0.6 is 0 Å². The Labute approximate surface area is 108 Å². The van der Waals surface area contributed by atoms with E-state index in [2.05, 4.69) is 42.6 Å². The average Bonchev–Trinajstić information content (AvgIpc) is 2.47. The predicted molar refractivity (Wildman–Crippen MR) is 74.1 cm³/mol. The van der Waals surface area contributed by atoms with Crippen LogP contribution in [0.25, 0.3) is 0 Å². The minimum absolute atomic E-state index is 0.241. The van der Waals surface area contributed by atoms with Crippen LogP contribution in [0.4, 0.5) is 5.69 Å². The van der Waals surface area contributed by atoms with Gasteiger partial charge >= 0.3 is 0 Å². The molecule has 0 saturated heterocycles. The van der Waals surface area contributed by atoms with Crippen molar-refractivity contribution < 1.29 is 4.74 Å². The van der Waals surface area contributed by atoms with Crippen LogP contribution in [0.3, 0.4) is 0 Å². The summed E-state index contributed by atoms with van der Waals surface area (Å²) in [4.78, 5) is 0. The van der Waals surface area contributed by atoms with E-state index in [4.69, 9.17) is 4.74 Å². The number of benzene rings is 2. The molecule has 92 valence electrons. The molecule has 1 heterocycles. The third-order valence-corrected chi connectivity index (χ3v) is 3.41. The first kappa shape index (κ1) is 11.1. The highest BCUT2D eigenvalue weighted by Gasteiger charge is 2.19. The Morgan fingerprint density at radius 2 is 1.89 bits per heavy atom. The second-order valence-corrected chi connectivity index (χ2v) is 4.60. The Kier molecular flexibility index (Phi) is 2.93. The first-order valence-corrected chi connectivity index (χ1v) is 6.44. The van der Waals surface area contributed by atoms with Crippen LogP contribution < -0.4 is 10.1 Å². The molecule has 1 aliphatic rings. The van der Waals surface area contributed by atoms with Crippen LogP contribution in [0.15, 0.2) is 48.5 Å². The van der Waals surface area contributed by atoms with E-state index in [9.17, 15) is 0 Å². The molecule has 0 unspecified atom stereocenters. The smallest absolute Gasteiger partial charge is 0.142 e. The average molecular weight is 239 g/mol. The van der Waals surface area contributed by atoms with Crippen molar-refractivity contribution in [3.63, 3.8) is 0 Å². The van der Waals surface area contributed by atoms with Crippen molar-refractivity contribution >= 4 is 5.69 Å². The number of anilines is 1. The number of aryl methyl sites for hydroxylation is 1. The molecule has 0 aromatic heterocycles. The number of fused-ring (bicyclic) bond motifs is 1. The molecular weight excluding hydrogens is 222 g/mol. The highest BCUT2D eigenvalue weighted by atomic mass is 16.5. The lowest BCUT2D eigenvalue weighted by atomic mass is 10.0. The van der Waals surface area contributed by atoms with Gasteiger partial charge in [0, 0.05) is 0 Å². The minimum atomic E-state index is 0.241. The summed E-state index contributed by atoms with van der Waals surface area (Å²) in [6.45, 7) is 2.86. The normalized spacial score (nSPS) is 17.5. The van der Waals surface area contributed by atoms with Gasteiger partial charge in [0.2, 0.25) is 0 Å². The third-order valence-electron chi connectivity index (χ3n) is 3.41. The summed E-state index contributed by atoms with van der Waals surface area (Å²) in [5.74, 6) is 0.943. The van der Waals surface area contributed by atoms with Crippen molar-refractivity contribution in [1.82, 2.24) is 0 Å². The SMILES string of the molecule is CCc1ccc([C@H]2COc3ccccc3N2)cc1. The maximum Gasteiger partial charge on any atom is 0.142 e. The third kappa shape index (κ3) is 2.06. The molecule has 1 aliphatic heterocycles. The van der Waals surface area contributed by atoms with Crippen LogP contribution in [-0.4, -0.2) is 6.61 Å². The lowest BCUT2D eigenvalue weighted by Gasteiger charge is -2.27. The summed E-state index contributed by atoms with van der Waals surface area (Å²) in [7, 11) is 0. The molecular formula is C16H17NO. The van der Waals surface area contributed by atoms with Gasteiger partial charge in [-0.05, 0) is 29.7 Å². The zero-order chi connectivity index (χ0) is 12.4. The summed E-state index contributed by atoms with van der Waals surface area (Å²) in [6.07, 6.45) is 1.08. The lowest BCUT2D eigenvalue weighted by Crippen LogP contribution is -2.23. The maximum atomic E-state index is 5.78. The Morgan fingerprint density at radius 1 is 1.11 bits per heavy atom. The van der Waals surface area contributed by atoms with E-state index in [0.29, 0.717) is 6.61 Å². The van der Waals surface area contributed by atoms with Crippen LogP contribution in [0.5, 0.6) is 5.75 Å². The highest BCUT2D eigenvalue weighted by Crippen LogP contribution is 2.33. The number of ether oxygens (including phenoxy) is 1. The maximum absolute atomic E-state index is 5.78. The van der Waals surface area contributed by atoms with Crippen LogP contribution in [0.2, 0.25) is 0 Å². The number of rotatable bonds is 2. The molecule has 0 saturated carbocycles. The Morgan fingerprint density at radius 3 is 2.67 bits per heavy atom. The molecule has 18 heavy (non-hydrogen) atoms. The van der Waals surface area contributed by atoms with Crippen molar-refractivity contribution in [2.45, 2.75) is 19.4 Å². The van der Waals surface area contributed by atoms with Gasteiger partial charge in [0.05, 0.1) is 11.7 Å². The summed E-state index contributed by atoms with van der Waals surface area (Å²) in [6, 6.07) is 17.1. The summed E-state index contributed by atoms with van der Waals surface area (Å²) >= 11 is 0. The lowest BCUT2D eigenvalue weighted by molar-refractivity contribution is 0.286. The van der Waals surface area contributed by atoms with Crippen LogP contribution in [0, 0.1) is 0 Å². The molecule has 0 bridgehead atoms. The van der Waals surface area contributed by atoms with Gasteiger partial charge in [-0.25, -0.2) is 0 Å². The molecule has 2 aromatic carbocycles. The quantitative estimate of drug-likeness (QED) is 0.860. The van der Waals surface area contributed by atoms with Crippen molar-refractivity contribution in [2.75, 3.05) is 11.9 Å². The van der Waals surface area contributed by atoms with E-state index in [-0.39, 0.29) is 6.04 Å². The van der Waals surface area contributed by atoms with E-state index >= 15 is 0 Å². The first-order valence-electron chi connectivity index (χ1n) is 6.44. The van der Waals surface area contributed by atoms with Crippen molar-refractivity contribution in [2.24, 2.45) is 0 Å². The van der Waals surface area contributed by atoms with Gasteiger partial charge in [-0.2, -0.15) is 0 Å². The predicted octanol–water partition coefficient (Wildman–Crippen LogP) is 3.79. The molecule has 2 nitrogen and oxygen atoms in total. The fourth-order valence-electron chi connectivity index (χ4n) is 2.28. The van der Waals surface area contributed by atoms with Crippen molar-refractivity contribution in [1.29, 1.82) is 0 Å².